The second kappa shape index (κ2) is 6.40. The van der Waals surface area contributed by atoms with Gasteiger partial charge in [-0.3, -0.25) is 0 Å². The molecule has 0 bridgehead atoms. The summed E-state index contributed by atoms with van der Waals surface area (Å²) in [7, 11) is 0. The van der Waals surface area contributed by atoms with Gasteiger partial charge in [0.15, 0.2) is 0 Å². The van der Waals surface area contributed by atoms with Crippen molar-refractivity contribution in [2.75, 3.05) is 6.54 Å². The molecule has 18 heavy (non-hydrogen) atoms. The first-order valence-corrected chi connectivity index (χ1v) is 7.96. The van der Waals surface area contributed by atoms with Crippen LogP contribution in [-0.4, -0.2) is 12.6 Å². The average molecular weight is 331 g/mol. The molecule has 1 nitrogen and oxygen atoms in total. The van der Waals surface area contributed by atoms with E-state index in [-0.39, 0.29) is 0 Å². The predicted molar refractivity (Wildman–Crippen MR) is 82.2 cm³/mol. The van der Waals surface area contributed by atoms with E-state index >= 15 is 0 Å². The maximum atomic E-state index is 6.31. The lowest BCUT2D eigenvalue weighted by Crippen LogP contribution is -2.34. The van der Waals surface area contributed by atoms with Crippen LogP contribution in [0.2, 0.25) is 5.02 Å². The van der Waals surface area contributed by atoms with Crippen molar-refractivity contribution < 1.29 is 0 Å². The van der Waals surface area contributed by atoms with E-state index in [9.17, 15) is 0 Å². The Kier molecular flexibility index (Phi) is 5.11. The molecule has 1 aliphatic carbocycles. The highest BCUT2D eigenvalue weighted by molar-refractivity contribution is 9.10. The van der Waals surface area contributed by atoms with E-state index in [2.05, 4.69) is 47.2 Å². The summed E-state index contributed by atoms with van der Waals surface area (Å²) in [5, 5.41) is 4.56. The summed E-state index contributed by atoms with van der Waals surface area (Å²) in [6.45, 7) is 5.66. The van der Waals surface area contributed by atoms with Gasteiger partial charge in [0.2, 0.25) is 0 Å². The van der Waals surface area contributed by atoms with Gasteiger partial charge in [-0.05, 0) is 55.3 Å². The fourth-order valence-corrected chi connectivity index (χ4v) is 3.29. The summed E-state index contributed by atoms with van der Waals surface area (Å²) in [5.41, 5.74) is 1.26. The van der Waals surface area contributed by atoms with Crippen molar-refractivity contribution in [3.05, 3.63) is 33.3 Å². The summed E-state index contributed by atoms with van der Waals surface area (Å²) in [6.07, 6.45) is 3.59. The first-order chi connectivity index (χ1) is 8.61. The Labute approximate surface area is 123 Å². The number of hydrogen-bond acceptors (Lipinski definition) is 1. The molecule has 0 saturated heterocycles. The molecular formula is C15H21BrClN. The van der Waals surface area contributed by atoms with E-state index in [4.69, 9.17) is 11.6 Å². The first-order valence-electron chi connectivity index (χ1n) is 6.79. The van der Waals surface area contributed by atoms with Crippen LogP contribution in [0.5, 0.6) is 0 Å². The van der Waals surface area contributed by atoms with E-state index in [0.29, 0.717) is 6.04 Å². The minimum absolute atomic E-state index is 0.582. The highest BCUT2D eigenvalue weighted by atomic mass is 79.9. The summed E-state index contributed by atoms with van der Waals surface area (Å²) in [4.78, 5) is 0. The fourth-order valence-electron chi connectivity index (χ4n) is 2.54. The fraction of sp³-hybridized carbons (Fsp3) is 0.600. The SMILES string of the molecule is CCCNC(Cc1ccc(Br)cc1Cl)C1CC1C. The van der Waals surface area contributed by atoms with Gasteiger partial charge >= 0.3 is 0 Å². The number of rotatable bonds is 6. The lowest BCUT2D eigenvalue weighted by Gasteiger charge is -2.19. The zero-order valence-corrected chi connectivity index (χ0v) is 13.4. The smallest absolute Gasteiger partial charge is 0.0449 e. The van der Waals surface area contributed by atoms with Crippen molar-refractivity contribution in [1.82, 2.24) is 5.32 Å². The molecule has 2 rings (SSSR count). The largest absolute Gasteiger partial charge is 0.313 e. The number of hydrogen-bond donors (Lipinski definition) is 1. The van der Waals surface area contributed by atoms with Crippen molar-refractivity contribution in [1.29, 1.82) is 0 Å². The second-order valence-corrected chi connectivity index (χ2v) is 6.70. The monoisotopic (exact) mass is 329 g/mol. The van der Waals surface area contributed by atoms with Gasteiger partial charge < -0.3 is 5.32 Å². The van der Waals surface area contributed by atoms with Crippen LogP contribution in [0.15, 0.2) is 22.7 Å². The zero-order chi connectivity index (χ0) is 13.1. The molecule has 3 atom stereocenters. The molecule has 1 aromatic carbocycles. The van der Waals surface area contributed by atoms with Crippen molar-refractivity contribution in [2.24, 2.45) is 11.8 Å². The van der Waals surface area contributed by atoms with Gasteiger partial charge in [-0.1, -0.05) is 47.4 Å². The molecule has 3 heteroatoms. The molecule has 0 aliphatic heterocycles. The zero-order valence-electron chi connectivity index (χ0n) is 11.0. The van der Waals surface area contributed by atoms with Crippen LogP contribution in [0.3, 0.4) is 0 Å². The predicted octanol–water partition coefficient (Wildman–Crippen LogP) is 4.67. The summed E-state index contributed by atoms with van der Waals surface area (Å²) in [5.74, 6) is 1.70. The average Bonchev–Trinajstić information content (AvgIpc) is 3.04. The van der Waals surface area contributed by atoms with Gasteiger partial charge in [0.25, 0.3) is 0 Å². The molecule has 1 N–H and O–H groups in total. The normalized spacial score (nSPS) is 24.0. The first kappa shape index (κ1) is 14.4. The van der Waals surface area contributed by atoms with Crippen LogP contribution in [0, 0.1) is 11.8 Å². The quantitative estimate of drug-likeness (QED) is 0.799. The van der Waals surface area contributed by atoms with Gasteiger partial charge in [0.1, 0.15) is 0 Å². The van der Waals surface area contributed by atoms with Crippen LogP contribution in [0.4, 0.5) is 0 Å². The Morgan fingerprint density at radius 1 is 1.50 bits per heavy atom. The minimum Gasteiger partial charge on any atom is -0.313 e. The Morgan fingerprint density at radius 2 is 2.22 bits per heavy atom. The van der Waals surface area contributed by atoms with Crippen LogP contribution in [0.25, 0.3) is 0 Å². The lowest BCUT2D eigenvalue weighted by atomic mass is 10.0. The molecule has 0 spiro atoms. The molecule has 1 saturated carbocycles. The standard InChI is InChI=1S/C15H21BrClN/c1-3-6-18-15(13-7-10(13)2)8-11-4-5-12(16)9-14(11)17/h4-5,9-10,13,15,18H,3,6-8H2,1-2H3. The number of nitrogens with one attached hydrogen (secondary N) is 1. The van der Waals surface area contributed by atoms with E-state index in [0.717, 1.165) is 34.3 Å². The molecule has 0 aromatic heterocycles. The third kappa shape index (κ3) is 3.72. The number of halogens is 2. The summed E-state index contributed by atoms with van der Waals surface area (Å²) >= 11 is 9.77. The van der Waals surface area contributed by atoms with Gasteiger partial charge in [-0.2, -0.15) is 0 Å². The Bertz CT molecular complexity index is 407. The molecule has 100 valence electrons. The molecule has 0 heterocycles. The molecule has 3 unspecified atom stereocenters. The molecular weight excluding hydrogens is 310 g/mol. The summed E-state index contributed by atoms with van der Waals surface area (Å²) in [6, 6.07) is 6.79. The van der Waals surface area contributed by atoms with Gasteiger partial charge in [-0.25, -0.2) is 0 Å². The molecule has 0 radical (unpaired) electrons. The third-order valence-electron chi connectivity index (χ3n) is 3.80. The van der Waals surface area contributed by atoms with E-state index in [1.807, 2.05) is 6.07 Å². The summed E-state index contributed by atoms with van der Waals surface area (Å²) < 4.78 is 1.05. The Balaban J connectivity index is 2.03. The molecule has 1 aliphatic rings. The number of benzene rings is 1. The Hall–Kier alpha value is -0.0500. The lowest BCUT2D eigenvalue weighted by molar-refractivity contribution is 0.443. The van der Waals surface area contributed by atoms with Crippen molar-refractivity contribution in [2.45, 2.75) is 39.2 Å². The third-order valence-corrected chi connectivity index (χ3v) is 4.65. The van der Waals surface area contributed by atoms with Gasteiger partial charge in [0, 0.05) is 15.5 Å². The maximum absolute atomic E-state index is 6.31. The minimum atomic E-state index is 0.582. The van der Waals surface area contributed by atoms with Crippen molar-refractivity contribution in [3.8, 4) is 0 Å². The maximum Gasteiger partial charge on any atom is 0.0449 e. The van der Waals surface area contributed by atoms with Crippen LogP contribution in [-0.2, 0) is 6.42 Å². The van der Waals surface area contributed by atoms with Crippen LogP contribution < -0.4 is 5.32 Å². The highest BCUT2D eigenvalue weighted by Crippen LogP contribution is 2.42. The van der Waals surface area contributed by atoms with Gasteiger partial charge in [0.05, 0.1) is 0 Å². The van der Waals surface area contributed by atoms with E-state index < -0.39 is 0 Å². The highest BCUT2D eigenvalue weighted by Gasteiger charge is 2.39. The molecule has 1 aromatic rings. The van der Waals surface area contributed by atoms with Crippen molar-refractivity contribution >= 4 is 27.5 Å². The van der Waals surface area contributed by atoms with Crippen molar-refractivity contribution in [3.63, 3.8) is 0 Å². The van der Waals surface area contributed by atoms with Gasteiger partial charge in [-0.15, -0.1) is 0 Å². The second-order valence-electron chi connectivity index (χ2n) is 5.38. The Morgan fingerprint density at radius 3 is 2.78 bits per heavy atom. The molecule has 0 amide bonds. The topological polar surface area (TPSA) is 12.0 Å². The van der Waals surface area contributed by atoms with Crippen LogP contribution >= 0.6 is 27.5 Å². The molecule has 1 fully saturated rings. The van der Waals surface area contributed by atoms with E-state index in [1.165, 1.54) is 18.4 Å². The van der Waals surface area contributed by atoms with Crippen LogP contribution in [0.1, 0.15) is 32.3 Å². The van der Waals surface area contributed by atoms with E-state index in [1.54, 1.807) is 0 Å².